The van der Waals surface area contributed by atoms with E-state index in [4.69, 9.17) is 20.1 Å². The smallest absolute Gasteiger partial charge is 0.118 e. The van der Waals surface area contributed by atoms with Crippen LogP contribution in [-0.4, -0.2) is 142 Å². The van der Waals surface area contributed by atoms with E-state index in [0.717, 1.165) is 51.6 Å². The molecule has 0 aliphatic heterocycles. The Balaban J connectivity index is 0.000000386. The summed E-state index contributed by atoms with van der Waals surface area (Å²) in [5.41, 5.74) is 12.6. The van der Waals surface area contributed by atoms with E-state index in [9.17, 15) is 0 Å². The van der Waals surface area contributed by atoms with Gasteiger partial charge in [-0.2, -0.15) is 0 Å². The third-order valence-corrected chi connectivity index (χ3v) is 15.9. The number of anilines is 8. The summed E-state index contributed by atoms with van der Waals surface area (Å²) in [5, 5.41) is 26.4. The van der Waals surface area contributed by atoms with Crippen molar-refractivity contribution >= 4 is 45.5 Å². The Labute approximate surface area is 601 Å². The third kappa shape index (κ3) is 38.8. The first-order chi connectivity index (χ1) is 48.3. The molecule has 0 aliphatic carbocycles. The summed E-state index contributed by atoms with van der Waals surface area (Å²) in [6, 6.07) is 91.2. The average Bonchev–Trinajstić information content (AvgIpc) is 1.99. The van der Waals surface area contributed by atoms with Gasteiger partial charge in [0.2, 0.25) is 0 Å². The molecule has 0 saturated heterocycles. The van der Waals surface area contributed by atoms with Gasteiger partial charge in [0.15, 0.2) is 0 Å². The van der Waals surface area contributed by atoms with Crippen molar-refractivity contribution < 1.29 is 20.1 Å². The number of aryl methyl sites for hydroxylation is 1. The summed E-state index contributed by atoms with van der Waals surface area (Å²) in [7, 11) is 8.21. The Morgan fingerprint density at radius 3 is 0.909 bits per heavy atom. The highest BCUT2D eigenvalue weighted by atomic mass is 16.5. The topological polar surface area (TPSA) is 95.8 Å². The summed E-state index contributed by atoms with van der Waals surface area (Å²) < 4.78 is 5.28. The predicted octanol–water partition coefficient (Wildman–Crippen LogP) is 18.6. The van der Waals surface area contributed by atoms with Crippen LogP contribution in [0, 0.1) is 6.92 Å². The first-order valence-corrected chi connectivity index (χ1v) is 36.0. The average molecular weight is 1350 g/mol. The first-order valence-electron chi connectivity index (χ1n) is 36.0. The number of unbranched alkanes of at least 4 members (excludes halogenated alkanes) is 2. The third-order valence-electron chi connectivity index (χ3n) is 15.9. The molecule has 9 aromatic carbocycles. The fraction of sp³-hybridized carbons (Fsp3) is 0.379. The summed E-state index contributed by atoms with van der Waals surface area (Å²) in [6.07, 6.45) is 5.13. The van der Waals surface area contributed by atoms with Crippen LogP contribution >= 0.6 is 0 Å². The van der Waals surface area contributed by atoms with Gasteiger partial charge in [0.05, 0.1) is 19.8 Å². The molecule has 0 unspecified atom stereocenters. The van der Waals surface area contributed by atoms with Crippen LogP contribution < -0.4 is 39.2 Å². The highest BCUT2D eigenvalue weighted by Gasteiger charge is 2.07. The zero-order valence-electron chi connectivity index (χ0n) is 62.9. The maximum atomic E-state index is 8.80. The number of nitrogens with zero attached hydrogens (tertiary/aromatic N) is 8. The van der Waals surface area contributed by atoms with E-state index in [2.05, 4.69) is 261 Å². The van der Waals surface area contributed by atoms with Gasteiger partial charge in [0.1, 0.15) is 6.73 Å². The van der Waals surface area contributed by atoms with Crippen LogP contribution in [0.15, 0.2) is 267 Å². The minimum atomic E-state index is 0.106. The molecule has 0 spiro atoms. The highest BCUT2D eigenvalue weighted by Crippen LogP contribution is 2.19. The van der Waals surface area contributed by atoms with Crippen LogP contribution in [0.1, 0.15) is 92.2 Å². The molecule has 0 bridgehead atoms. The molecule has 9 aromatic rings. The van der Waals surface area contributed by atoms with E-state index in [1.165, 1.54) is 89.7 Å². The lowest BCUT2D eigenvalue weighted by Gasteiger charge is -2.24. The summed E-state index contributed by atoms with van der Waals surface area (Å²) >= 11 is 0. The van der Waals surface area contributed by atoms with Gasteiger partial charge in [-0.25, -0.2) is 0 Å². The van der Waals surface area contributed by atoms with E-state index in [1.54, 1.807) is 0 Å². The van der Waals surface area contributed by atoms with Gasteiger partial charge in [0, 0.05) is 152 Å². The second kappa shape index (κ2) is 57.2. The fourth-order valence-electron chi connectivity index (χ4n) is 10.2. The van der Waals surface area contributed by atoms with E-state index in [-0.39, 0.29) is 19.8 Å². The van der Waals surface area contributed by atoms with Crippen molar-refractivity contribution in [2.24, 2.45) is 0 Å². The second-order valence-corrected chi connectivity index (χ2v) is 23.5. The van der Waals surface area contributed by atoms with Crippen LogP contribution in [0.4, 0.5) is 45.5 Å². The molecule has 538 valence electrons. The van der Waals surface area contributed by atoms with E-state index < -0.39 is 0 Å². The van der Waals surface area contributed by atoms with Gasteiger partial charge < -0.3 is 59.3 Å². The van der Waals surface area contributed by atoms with Crippen molar-refractivity contribution in [3.8, 4) is 0 Å². The summed E-state index contributed by atoms with van der Waals surface area (Å²) in [6.45, 7) is 31.7. The number of ether oxygens (including phenoxy) is 1. The minimum Gasteiger partial charge on any atom is -0.395 e. The van der Waals surface area contributed by atoms with Gasteiger partial charge in [0.25, 0.3) is 0 Å². The molecule has 99 heavy (non-hydrogen) atoms. The van der Waals surface area contributed by atoms with Crippen LogP contribution in [0.25, 0.3) is 0 Å². The molecule has 0 saturated carbocycles. The lowest BCUT2D eigenvalue weighted by molar-refractivity contribution is 0.151. The number of likely N-dealkylation sites (N-methyl/N-ethyl adjacent to an activating group) is 1. The number of hydrogen-bond donors (Lipinski definition) is 3. The first kappa shape index (κ1) is 86.3. The van der Waals surface area contributed by atoms with E-state index in [0.29, 0.717) is 26.4 Å². The molecule has 12 nitrogen and oxygen atoms in total. The quantitative estimate of drug-likeness (QED) is 0.0374. The minimum absolute atomic E-state index is 0.106. The van der Waals surface area contributed by atoms with Crippen molar-refractivity contribution in [2.75, 3.05) is 166 Å². The highest BCUT2D eigenvalue weighted by molar-refractivity contribution is 5.51. The van der Waals surface area contributed by atoms with Crippen LogP contribution in [0.2, 0.25) is 0 Å². The maximum absolute atomic E-state index is 8.80. The SMILES string of the molecule is CCCCN(CCCC)c1ccccc1.CCN(CC)c1cccc(C)c1.CCN(CC)c1ccccc1.CCN(CCO)c1ccccc1.CCOCN(C)c1ccccc1.CN(C)c1ccccc1.CN(Cc1ccccc1)c1ccccc1.OCCN(CCO)c1ccccc1. The zero-order chi connectivity index (χ0) is 72.4. The molecule has 0 atom stereocenters. The second-order valence-electron chi connectivity index (χ2n) is 23.5. The molecule has 3 N–H and O–H groups in total. The molecular formula is C87H126N8O4. The number of aliphatic hydroxyl groups excluding tert-OH is 3. The lowest BCUT2D eigenvalue weighted by atomic mass is 10.2. The Morgan fingerprint density at radius 1 is 0.293 bits per heavy atom. The van der Waals surface area contributed by atoms with Gasteiger partial charge in [-0.15, -0.1) is 0 Å². The fourth-order valence-corrected chi connectivity index (χ4v) is 10.2. The van der Waals surface area contributed by atoms with Gasteiger partial charge in [-0.05, 0) is 169 Å². The van der Waals surface area contributed by atoms with Crippen LogP contribution in [-0.2, 0) is 11.3 Å². The Kier molecular flexibility index (Phi) is 49.8. The Morgan fingerprint density at radius 2 is 0.586 bits per heavy atom. The Bertz CT molecular complexity index is 3160. The molecule has 0 amide bonds. The normalized spacial score (nSPS) is 9.86. The molecule has 9 rings (SSSR count). The summed E-state index contributed by atoms with van der Waals surface area (Å²) in [5.74, 6) is 0. The molecule has 0 heterocycles. The molecule has 0 aliphatic rings. The zero-order valence-corrected chi connectivity index (χ0v) is 62.9. The van der Waals surface area contributed by atoms with Crippen molar-refractivity contribution in [1.82, 2.24) is 0 Å². The molecule has 0 radical (unpaired) electrons. The van der Waals surface area contributed by atoms with Crippen LogP contribution in [0.5, 0.6) is 0 Å². The van der Waals surface area contributed by atoms with Gasteiger partial charge >= 0.3 is 0 Å². The monoisotopic (exact) mass is 1350 g/mol. The van der Waals surface area contributed by atoms with Crippen LogP contribution in [0.3, 0.4) is 0 Å². The van der Waals surface area contributed by atoms with E-state index >= 15 is 0 Å². The van der Waals surface area contributed by atoms with Crippen molar-refractivity contribution in [3.63, 3.8) is 0 Å². The van der Waals surface area contributed by atoms with Crippen molar-refractivity contribution in [3.05, 3.63) is 278 Å². The lowest BCUT2D eigenvalue weighted by Crippen LogP contribution is -2.29. The molecule has 12 heteroatoms. The van der Waals surface area contributed by atoms with Crippen molar-refractivity contribution in [1.29, 1.82) is 0 Å². The van der Waals surface area contributed by atoms with Crippen molar-refractivity contribution in [2.45, 2.75) is 94.5 Å². The predicted molar refractivity (Wildman–Crippen MR) is 435 cm³/mol. The molecule has 0 fully saturated rings. The van der Waals surface area contributed by atoms with E-state index in [1.807, 2.05) is 136 Å². The number of hydrogen-bond acceptors (Lipinski definition) is 12. The largest absolute Gasteiger partial charge is 0.395 e. The Hall–Kier alpha value is -8.78. The number of aliphatic hydroxyl groups is 3. The standard InChI is InChI=1S/C14H15N.C14H23N.C11H17N.C10H15NO2.2C10H15NO.C10H15N.C8H11N/c1-15(14-10-6-3-7-11-14)12-13-8-4-2-5-9-13;1-3-5-12-15(13-6-4-2)14-10-8-7-9-11-14;1-4-12(5-2)11-8-6-7-10(3)9-11;12-8-6-11(7-9-13)10-4-2-1-3-5-10;1-3-12-9-11(2)10-7-5-4-6-8-10;1-2-11(8-9-12)10-6-4-3-5-7-10;1-3-11(4-2)10-8-6-5-7-9-10;1-9(2)8-6-4-3-5-7-8/h2-11H,12H2,1H3;7-11H,3-6,12-13H2,1-2H3;6-9H,4-5H2,1-3H3;1-5,12-13H,6-9H2;4-8H,3,9H2,1-2H3;3-7,12H,2,8-9H2,1H3;5-9H,3-4H2,1-2H3;3-7H,1-2H3. The van der Waals surface area contributed by atoms with Gasteiger partial charge in [-0.1, -0.05) is 197 Å². The number of rotatable bonds is 30. The number of para-hydroxylation sites is 7. The maximum Gasteiger partial charge on any atom is 0.118 e. The summed E-state index contributed by atoms with van der Waals surface area (Å²) in [4.78, 5) is 17.7. The molecular weight excluding hydrogens is 1220 g/mol. The van der Waals surface area contributed by atoms with Gasteiger partial charge in [-0.3, -0.25) is 0 Å². The molecule has 0 aromatic heterocycles. The number of benzene rings is 9.